The van der Waals surface area contributed by atoms with Crippen LogP contribution in [0, 0.1) is 0 Å². The number of hydrogen-bond donors (Lipinski definition) is 3. The number of nitrogens with one attached hydrogen (secondary N) is 2. The molecule has 0 radical (unpaired) electrons. The molecule has 4 N–H and O–H groups in total. The highest BCUT2D eigenvalue weighted by molar-refractivity contribution is 5.88. The first-order valence-corrected chi connectivity index (χ1v) is 10.7. The van der Waals surface area contributed by atoms with Gasteiger partial charge < -0.3 is 20.4 Å². The van der Waals surface area contributed by atoms with Crippen molar-refractivity contribution in [1.82, 2.24) is 25.4 Å². The zero-order valence-electron chi connectivity index (χ0n) is 18.3. The highest BCUT2D eigenvalue weighted by Crippen LogP contribution is 2.34. The molecule has 9 heteroatoms. The van der Waals surface area contributed by atoms with E-state index in [1.165, 1.54) is 0 Å². The topological polar surface area (TPSA) is 106 Å². The summed E-state index contributed by atoms with van der Waals surface area (Å²) >= 11 is 0. The van der Waals surface area contributed by atoms with Crippen molar-refractivity contribution in [1.29, 1.82) is 0 Å². The molecule has 31 heavy (non-hydrogen) atoms. The van der Waals surface area contributed by atoms with Crippen molar-refractivity contribution >= 4 is 18.2 Å². The fourth-order valence-electron chi connectivity index (χ4n) is 4.38. The predicted molar refractivity (Wildman–Crippen MR) is 119 cm³/mol. The lowest BCUT2D eigenvalue weighted by Gasteiger charge is -2.38. The molecule has 2 unspecified atom stereocenters. The number of amides is 3. The van der Waals surface area contributed by atoms with Gasteiger partial charge >= 0.3 is 6.03 Å². The Balaban J connectivity index is 1.39. The van der Waals surface area contributed by atoms with Crippen LogP contribution in [-0.2, 0) is 11.3 Å². The normalized spacial score (nSPS) is 25.0. The van der Waals surface area contributed by atoms with Crippen LogP contribution in [0.15, 0.2) is 46.6 Å². The second-order valence-electron chi connectivity index (χ2n) is 8.89. The molecule has 0 aromatic heterocycles. The Morgan fingerprint density at radius 1 is 1.35 bits per heavy atom. The van der Waals surface area contributed by atoms with Gasteiger partial charge in [0.2, 0.25) is 5.91 Å². The lowest BCUT2D eigenvalue weighted by Crippen LogP contribution is -2.57. The van der Waals surface area contributed by atoms with Crippen molar-refractivity contribution in [3.63, 3.8) is 0 Å². The van der Waals surface area contributed by atoms with Gasteiger partial charge in [0.15, 0.2) is 6.29 Å². The van der Waals surface area contributed by atoms with Gasteiger partial charge in [0.1, 0.15) is 0 Å². The highest BCUT2D eigenvalue weighted by Gasteiger charge is 2.44. The molecule has 166 valence electrons. The van der Waals surface area contributed by atoms with Crippen molar-refractivity contribution < 1.29 is 9.59 Å². The minimum absolute atomic E-state index is 0.0693. The van der Waals surface area contributed by atoms with E-state index in [2.05, 4.69) is 15.6 Å². The second kappa shape index (κ2) is 8.32. The van der Waals surface area contributed by atoms with Crippen LogP contribution in [0.2, 0.25) is 0 Å². The molecular formula is C22H31N7O2. The molecule has 3 aliphatic heterocycles. The standard InChI is InChI=1S/C22H31N7O2/c1-22(2)17-13-24-20(29(23)16-9-10-27(3)19(30)11-16)26-18(17)14-28(22)21(31)25-12-15-7-5-4-6-8-15/h4-8,13,16,20,26H,9-12,14,23H2,1-3H3,(H,25,31). The molecule has 1 fully saturated rings. The average Bonchev–Trinajstić information content (AvgIpc) is 3.04. The summed E-state index contributed by atoms with van der Waals surface area (Å²) in [6.07, 6.45) is 2.55. The van der Waals surface area contributed by atoms with Crippen molar-refractivity contribution in [3.05, 3.63) is 47.2 Å². The number of rotatable bonds is 4. The van der Waals surface area contributed by atoms with Crippen LogP contribution in [0.4, 0.5) is 4.79 Å². The molecule has 3 amide bonds. The summed E-state index contributed by atoms with van der Waals surface area (Å²) in [4.78, 5) is 33.1. The number of piperidine rings is 1. The number of carbonyl (C=O) groups excluding carboxylic acids is 2. The van der Waals surface area contributed by atoms with E-state index in [1.807, 2.05) is 62.3 Å². The molecule has 0 bridgehead atoms. The van der Waals surface area contributed by atoms with Crippen molar-refractivity contribution in [3.8, 4) is 0 Å². The second-order valence-corrected chi connectivity index (χ2v) is 8.89. The Labute approximate surface area is 182 Å². The highest BCUT2D eigenvalue weighted by atomic mass is 16.2. The van der Waals surface area contributed by atoms with Crippen molar-refractivity contribution in [2.75, 3.05) is 20.1 Å². The molecule has 0 aliphatic carbocycles. The number of hydrazine groups is 1. The molecule has 3 aliphatic rings. The Kier molecular flexibility index (Phi) is 5.72. The van der Waals surface area contributed by atoms with Crippen LogP contribution in [0.3, 0.4) is 0 Å². The molecule has 1 aromatic rings. The quantitative estimate of drug-likeness (QED) is 0.493. The zero-order chi connectivity index (χ0) is 22.2. The van der Waals surface area contributed by atoms with Crippen LogP contribution in [0.1, 0.15) is 32.3 Å². The number of hydrogen-bond acceptors (Lipinski definition) is 6. The minimum Gasteiger partial charge on any atom is -0.352 e. The lowest BCUT2D eigenvalue weighted by molar-refractivity contribution is -0.134. The Morgan fingerprint density at radius 2 is 2.10 bits per heavy atom. The van der Waals surface area contributed by atoms with Gasteiger partial charge in [-0.2, -0.15) is 0 Å². The predicted octanol–water partition coefficient (Wildman–Crippen LogP) is 0.999. The molecule has 9 nitrogen and oxygen atoms in total. The van der Waals surface area contributed by atoms with Gasteiger partial charge in [0, 0.05) is 50.1 Å². The summed E-state index contributed by atoms with van der Waals surface area (Å²) in [5.74, 6) is 6.45. The molecule has 3 heterocycles. The maximum absolute atomic E-state index is 12.9. The van der Waals surface area contributed by atoms with Crippen molar-refractivity contribution in [2.45, 2.75) is 51.1 Å². The SMILES string of the molecule is CN1CCC(N(N)C2N=CC3=C(CN(C(=O)NCc4ccccc4)C3(C)C)N2)CC1=O. The summed E-state index contributed by atoms with van der Waals surface area (Å²) in [6, 6.07) is 9.65. The van der Waals surface area contributed by atoms with Crippen LogP contribution < -0.4 is 16.5 Å². The molecular weight excluding hydrogens is 394 g/mol. The van der Waals surface area contributed by atoms with Gasteiger partial charge in [0.25, 0.3) is 0 Å². The maximum atomic E-state index is 12.9. The summed E-state index contributed by atoms with van der Waals surface area (Å²) in [6.45, 7) is 5.64. The average molecular weight is 426 g/mol. The fourth-order valence-corrected chi connectivity index (χ4v) is 4.38. The van der Waals surface area contributed by atoms with Crippen LogP contribution in [-0.4, -0.2) is 71.0 Å². The van der Waals surface area contributed by atoms with Crippen LogP contribution in [0.25, 0.3) is 0 Å². The molecule has 4 rings (SSSR count). The van der Waals surface area contributed by atoms with E-state index < -0.39 is 11.8 Å². The van der Waals surface area contributed by atoms with E-state index in [9.17, 15) is 9.59 Å². The van der Waals surface area contributed by atoms with Gasteiger partial charge in [-0.3, -0.25) is 15.6 Å². The van der Waals surface area contributed by atoms with E-state index >= 15 is 0 Å². The first-order valence-electron chi connectivity index (χ1n) is 10.7. The van der Waals surface area contributed by atoms with E-state index in [4.69, 9.17) is 5.84 Å². The number of carbonyl (C=O) groups is 2. The third kappa shape index (κ3) is 4.15. The van der Waals surface area contributed by atoms with E-state index in [0.29, 0.717) is 26.1 Å². The minimum atomic E-state index is -0.499. The molecule has 1 saturated heterocycles. The molecule has 2 atom stereocenters. The van der Waals surface area contributed by atoms with Gasteiger partial charge in [-0.25, -0.2) is 9.80 Å². The number of likely N-dealkylation sites (tertiary alicyclic amines) is 1. The summed E-state index contributed by atoms with van der Waals surface area (Å²) in [5, 5.41) is 8.04. The van der Waals surface area contributed by atoms with E-state index in [1.54, 1.807) is 9.91 Å². The smallest absolute Gasteiger partial charge is 0.318 e. The van der Waals surface area contributed by atoms with Gasteiger partial charge in [-0.05, 0) is 25.8 Å². The lowest BCUT2D eigenvalue weighted by atomic mass is 9.95. The number of nitrogens with two attached hydrogens (primary N) is 1. The number of benzene rings is 1. The summed E-state index contributed by atoms with van der Waals surface area (Å²) in [5.41, 5.74) is 2.47. The largest absolute Gasteiger partial charge is 0.352 e. The third-order valence-corrected chi connectivity index (χ3v) is 6.49. The summed E-state index contributed by atoms with van der Waals surface area (Å²) < 4.78 is 0. The van der Waals surface area contributed by atoms with Gasteiger partial charge in [0.05, 0.1) is 12.1 Å². The maximum Gasteiger partial charge on any atom is 0.318 e. The third-order valence-electron chi connectivity index (χ3n) is 6.49. The van der Waals surface area contributed by atoms with E-state index in [-0.39, 0.29) is 18.0 Å². The first kappa shape index (κ1) is 21.3. The Bertz CT molecular complexity index is 912. The molecule has 0 spiro atoms. The van der Waals surface area contributed by atoms with Crippen molar-refractivity contribution in [2.24, 2.45) is 10.8 Å². The fraction of sp³-hybridized carbons (Fsp3) is 0.500. The summed E-state index contributed by atoms with van der Waals surface area (Å²) in [7, 11) is 1.81. The van der Waals surface area contributed by atoms with Gasteiger partial charge in [-0.1, -0.05) is 30.3 Å². The number of urea groups is 1. The Morgan fingerprint density at radius 3 is 2.81 bits per heavy atom. The zero-order valence-corrected chi connectivity index (χ0v) is 18.3. The monoisotopic (exact) mass is 425 g/mol. The number of aliphatic imine (C=N–C) groups is 1. The number of nitrogens with zero attached hydrogens (tertiary/aromatic N) is 4. The molecule has 0 saturated carbocycles. The van der Waals surface area contributed by atoms with Crippen LogP contribution in [0.5, 0.6) is 0 Å². The first-order chi connectivity index (χ1) is 14.8. The molecule has 1 aromatic carbocycles. The Hall–Kier alpha value is -2.91. The van der Waals surface area contributed by atoms with Crippen LogP contribution >= 0.6 is 0 Å². The van der Waals surface area contributed by atoms with Gasteiger partial charge in [-0.15, -0.1) is 0 Å². The van der Waals surface area contributed by atoms with E-state index in [0.717, 1.165) is 23.3 Å².